The highest BCUT2D eigenvalue weighted by Gasteiger charge is 2.38. The van der Waals surface area contributed by atoms with Crippen LogP contribution in [0.3, 0.4) is 0 Å². The van der Waals surface area contributed by atoms with Crippen molar-refractivity contribution in [1.82, 2.24) is 30.8 Å². The molecule has 41 heavy (non-hydrogen) atoms. The number of imidazole rings is 1. The summed E-state index contributed by atoms with van der Waals surface area (Å²) in [5.41, 5.74) is 17.2. The first kappa shape index (κ1) is 33.3. The maximum Gasteiger partial charge on any atom is 0.326 e. The van der Waals surface area contributed by atoms with E-state index < -0.39 is 66.4 Å². The molecule has 0 unspecified atom stereocenters. The second kappa shape index (κ2) is 16.4. The number of carboxylic acids is 1. The molecule has 17 nitrogen and oxygen atoms in total. The molecule has 1 aliphatic rings. The van der Waals surface area contributed by atoms with Crippen molar-refractivity contribution in [2.75, 3.05) is 25.4 Å². The fourth-order valence-electron chi connectivity index (χ4n) is 4.20. The van der Waals surface area contributed by atoms with Gasteiger partial charge in [0.1, 0.15) is 24.2 Å². The standard InChI is InChI=1S/C23H38N10O7S/c24-13(7-12-8-27-11-29-12)21(38)33-6-2-4-17(33)20(37)31-15(9-34)18(35)32-16(10-41)19(36)30-14(22(39)40)3-1-5-28-23(25)26/h8,11,13-17,34,41H,1-7,9-10,24H2,(H,27,29)(H,30,36)(H,31,37)(H,32,35)(H,39,40)(H4,25,26,28)/t13-,14-,15-,16-,17-/m0/s1. The summed E-state index contributed by atoms with van der Waals surface area (Å²) in [7, 11) is 0. The molecule has 2 heterocycles. The number of carbonyl (C=O) groups is 5. The molecule has 0 bridgehead atoms. The van der Waals surface area contributed by atoms with Crippen LogP contribution in [0.25, 0.3) is 0 Å². The van der Waals surface area contributed by atoms with Crippen LogP contribution in [0.4, 0.5) is 0 Å². The maximum absolute atomic E-state index is 13.0. The highest BCUT2D eigenvalue weighted by atomic mass is 32.1. The number of carboxylic acid groups (broad SMARTS) is 1. The van der Waals surface area contributed by atoms with Gasteiger partial charge >= 0.3 is 5.97 Å². The Hall–Kier alpha value is -3.90. The number of aliphatic imine (C=N–C) groups is 1. The minimum Gasteiger partial charge on any atom is -0.480 e. The van der Waals surface area contributed by atoms with Crippen molar-refractivity contribution in [2.45, 2.75) is 62.3 Å². The lowest BCUT2D eigenvalue weighted by Crippen LogP contribution is -2.59. The second-order valence-electron chi connectivity index (χ2n) is 9.41. The SMILES string of the molecule is NC(N)=NCCC[C@H](NC(=O)[C@H](CS)NC(=O)[C@H](CO)NC(=O)[C@@H]1CCCN1C(=O)[C@@H](N)Cc1cnc[nH]1)C(=O)O. The lowest BCUT2D eigenvalue weighted by Gasteiger charge is -2.28. The number of carbonyl (C=O) groups excluding carboxylic acids is 4. The third-order valence-corrected chi connectivity index (χ3v) is 6.71. The van der Waals surface area contributed by atoms with E-state index in [1.54, 1.807) is 6.20 Å². The summed E-state index contributed by atoms with van der Waals surface area (Å²) in [6.07, 6.45) is 4.34. The summed E-state index contributed by atoms with van der Waals surface area (Å²) in [5, 5.41) is 26.3. The number of aromatic nitrogens is 2. The molecule has 1 aromatic heterocycles. The van der Waals surface area contributed by atoms with E-state index in [9.17, 15) is 34.2 Å². The van der Waals surface area contributed by atoms with Gasteiger partial charge in [0.15, 0.2) is 5.96 Å². The molecule has 18 heteroatoms. The highest BCUT2D eigenvalue weighted by Crippen LogP contribution is 2.19. The predicted molar refractivity (Wildman–Crippen MR) is 149 cm³/mol. The second-order valence-corrected chi connectivity index (χ2v) is 9.78. The molecule has 2 rings (SSSR count). The van der Waals surface area contributed by atoms with Gasteiger partial charge in [0.05, 0.1) is 19.0 Å². The van der Waals surface area contributed by atoms with Gasteiger partial charge in [-0.05, 0) is 25.7 Å². The molecule has 1 aromatic rings. The monoisotopic (exact) mass is 598 g/mol. The van der Waals surface area contributed by atoms with Crippen molar-refractivity contribution in [3.05, 3.63) is 18.2 Å². The topological polar surface area (TPSA) is 284 Å². The van der Waals surface area contributed by atoms with Crippen molar-refractivity contribution in [3.8, 4) is 0 Å². The molecule has 228 valence electrons. The fraction of sp³-hybridized carbons (Fsp3) is 0.609. The number of aliphatic hydroxyl groups excluding tert-OH is 1. The van der Waals surface area contributed by atoms with Gasteiger partial charge in [-0.3, -0.25) is 24.2 Å². The molecule has 0 aliphatic carbocycles. The molecule has 4 amide bonds. The van der Waals surface area contributed by atoms with Crippen LogP contribution in [0.5, 0.6) is 0 Å². The van der Waals surface area contributed by atoms with E-state index in [4.69, 9.17) is 17.2 Å². The Balaban J connectivity index is 1.96. The molecule has 0 spiro atoms. The van der Waals surface area contributed by atoms with Crippen LogP contribution in [0.15, 0.2) is 17.5 Å². The van der Waals surface area contributed by atoms with E-state index in [0.29, 0.717) is 25.1 Å². The molecule has 0 radical (unpaired) electrons. The van der Waals surface area contributed by atoms with Gasteiger partial charge in [0.2, 0.25) is 23.6 Å². The summed E-state index contributed by atoms with van der Waals surface area (Å²) in [5.74, 6) is -4.50. The Morgan fingerprint density at radius 1 is 1.15 bits per heavy atom. The zero-order chi connectivity index (χ0) is 30.5. The van der Waals surface area contributed by atoms with Crippen molar-refractivity contribution < 1.29 is 34.2 Å². The average Bonchev–Trinajstić information content (AvgIpc) is 3.63. The zero-order valence-electron chi connectivity index (χ0n) is 22.4. The molecule has 0 saturated carbocycles. The van der Waals surface area contributed by atoms with Crippen LogP contribution in [0.1, 0.15) is 31.4 Å². The third kappa shape index (κ3) is 10.2. The van der Waals surface area contributed by atoms with Gasteiger partial charge in [-0.25, -0.2) is 9.78 Å². The van der Waals surface area contributed by atoms with Crippen molar-refractivity contribution in [3.63, 3.8) is 0 Å². The molecule has 12 N–H and O–H groups in total. The van der Waals surface area contributed by atoms with Gasteiger partial charge in [-0.2, -0.15) is 12.6 Å². The lowest BCUT2D eigenvalue weighted by molar-refractivity contribution is -0.142. The normalized spacial score (nSPS) is 17.5. The first-order valence-electron chi connectivity index (χ1n) is 12.9. The molecule has 1 fully saturated rings. The number of aliphatic carboxylic acids is 1. The van der Waals surface area contributed by atoms with E-state index in [1.165, 1.54) is 11.2 Å². The Morgan fingerprint density at radius 3 is 2.41 bits per heavy atom. The number of thiol groups is 1. The van der Waals surface area contributed by atoms with Crippen molar-refractivity contribution in [2.24, 2.45) is 22.2 Å². The highest BCUT2D eigenvalue weighted by molar-refractivity contribution is 7.80. The summed E-state index contributed by atoms with van der Waals surface area (Å²) in [6.45, 7) is -0.351. The van der Waals surface area contributed by atoms with E-state index in [-0.39, 0.29) is 37.5 Å². The quantitative estimate of drug-likeness (QED) is 0.0376. The molecule has 5 atom stereocenters. The number of hydrogen-bond acceptors (Lipinski definition) is 10. The van der Waals surface area contributed by atoms with Gasteiger partial charge in [-0.1, -0.05) is 0 Å². The van der Waals surface area contributed by atoms with Crippen LogP contribution in [-0.4, -0.2) is 116 Å². The Morgan fingerprint density at radius 2 is 1.83 bits per heavy atom. The van der Waals surface area contributed by atoms with Crippen LogP contribution in [0, 0.1) is 0 Å². The lowest BCUT2D eigenvalue weighted by atomic mass is 10.1. The Kier molecular flexibility index (Phi) is 13.3. The largest absolute Gasteiger partial charge is 0.480 e. The number of aliphatic hydroxyl groups is 1. The minimum absolute atomic E-state index is 0.0164. The molecule has 1 aliphatic heterocycles. The van der Waals surface area contributed by atoms with Crippen molar-refractivity contribution >= 4 is 48.2 Å². The molecular weight excluding hydrogens is 560 g/mol. The van der Waals surface area contributed by atoms with Crippen LogP contribution < -0.4 is 33.2 Å². The first-order chi connectivity index (χ1) is 19.5. The van der Waals surface area contributed by atoms with E-state index in [0.717, 1.165) is 0 Å². The number of hydrogen-bond donors (Lipinski definition) is 10. The van der Waals surface area contributed by atoms with Gasteiger partial charge < -0.3 is 53.2 Å². The van der Waals surface area contributed by atoms with Crippen LogP contribution in [-0.2, 0) is 30.4 Å². The van der Waals surface area contributed by atoms with E-state index >= 15 is 0 Å². The number of guanidine groups is 1. The summed E-state index contributed by atoms with van der Waals surface area (Å²) in [6, 6.07) is -5.84. The fourth-order valence-corrected chi connectivity index (χ4v) is 4.46. The summed E-state index contributed by atoms with van der Waals surface area (Å²) >= 11 is 4.05. The first-order valence-corrected chi connectivity index (χ1v) is 13.6. The number of amides is 4. The van der Waals surface area contributed by atoms with Gasteiger partial charge in [0.25, 0.3) is 0 Å². The van der Waals surface area contributed by atoms with Gasteiger partial charge in [-0.15, -0.1) is 0 Å². The van der Waals surface area contributed by atoms with Gasteiger partial charge in [0, 0.05) is 37.2 Å². The minimum atomic E-state index is -1.45. The number of nitrogens with one attached hydrogen (secondary N) is 4. The molecular formula is C23H38N10O7S. The Labute approximate surface area is 241 Å². The zero-order valence-corrected chi connectivity index (χ0v) is 23.3. The summed E-state index contributed by atoms with van der Waals surface area (Å²) in [4.78, 5) is 74.9. The van der Waals surface area contributed by atoms with Crippen molar-refractivity contribution in [1.29, 1.82) is 0 Å². The number of nitrogens with two attached hydrogens (primary N) is 3. The number of nitrogens with zero attached hydrogens (tertiary/aromatic N) is 3. The van der Waals surface area contributed by atoms with Crippen LogP contribution in [0.2, 0.25) is 0 Å². The predicted octanol–water partition coefficient (Wildman–Crippen LogP) is -4.21. The van der Waals surface area contributed by atoms with Crippen LogP contribution >= 0.6 is 12.6 Å². The average molecular weight is 599 g/mol. The number of rotatable bonds is 16. The third-order valence-electron chi connectivity index (χ3n) is 6.34. The van der Waals surface area contributed by atoms with E-state index in [2.05, 4.69) is 43.5 Å². The van der Waals surface area contributed by atoms with E-state index in [1.807, 2.05) is 0 Å². The molecule has 0 aromatic carbocycles. The number of H-pyrrole nitrogens is 1. The number of likely N-dealkylation sites (tertiary alicyclic amines) is 1. The Bertz CT molecular complexity index is 1080. The maximum atomic E-state index is 13.0. The number of aromatic amines is 1. The summed E-state index contributed by atoms with van der Waals surface area (Å²) < 4.78 is 0. The smallest absolute Gasteiger partial charge is 0.326 e. The molecule has 1 saturated heterocycles.